The van der Waals surface area contributed by atoms with Crippen LogP contribution in [0, 0.1) is 0 Å². The van der Waals surface area contributed by atoms with Gasteiger partial charge in [0.2, 0.25) is 0 Å². The molecule has 1 aromatic rings. The number of ether oxygens (including phenoxy) is 1. The fourth-order valence-electron chi connectivity index (χ4n) is 0.906. The normalized spacial score (nSPS) is 10.7. The van der Waals surface area contributed by atoms with E-state index >= 15 is 0 Å². The van der Waals surface area contributed by atoms with Crippen LogP contribution in [0.5, 0.6) is 5.75 Å². The van der Waals surface area contributed by atoms with Crippen molar-refractivity contribution in [3.63, 3.8) is 0 Å². The SMILES string of the molecule is FC(F)Oc1ccc(Cl)c(Br)c1CCl. The first-order valence-electron chi connectivity index (χ1n) is 3.54. The van der Waals surface area contributed by atoms with Gasteiger partial charge < -0.3 is 4.74 Å². The Labute approximate surface area is 98.1 Å². The molecule has 0 fully saturated rings. The number of hydrogen-bond acceptors (Lipinski definition) is 1. The van der Waals surface area contributed by atoms with Crippen molar-refractivity contribution < 1.29 is 13.5 Å². The smallest absolute Gasteiger partial charge is 0.387 e. The quantitative estimate of drug-likeness (QED) is 0.750. The van der Waals surface area contributed by atoms with Gasteiger partial charge in [0.15, 0.2) is 0 Å². The lowest BCUT2D eigenvalue weighted by molar-refractivity contribution is -0.0503. The van der Waals surface area contributed by atoms with E-state index in [1.807, 2.05) is 0 Å². The summed E-state index contributed by atoms with van der Waals surface area (Å²) in [6.45, 7) is -2.87. The third-order valence-electron chi connectivity index (χ3n) is 1.50. The molecule has 1 rings (SSSR count). The van der Waals surface area contributed by atoms with E-state index in [0.717, 1.165) is 0 Å². The van der Waals surface area contributed by atoms with Crippen molar-refractivity contribution >= 4 is 39.1 Å². The van der Waals surface area contributed by atoms with Crippen LogP contribution < -0.4 is 4.74 Å². The second kappa shape index (κ2) is 5.14. The minimum atomic E-state index is -2.87. The van der Waals surface area contributed by atoms with Crippen molar-refractivity contribution in [3.05, 3.63) is 27.2 Å². The van der Waals surface area contributed by atoms with Gasteiger partial charge in [-0.05, 0) is 28.1 Å². The van der Waals surface area contributed by atoms with E-state index in [1.54, 1.807) is 0 Å². The van der Waals surface area contributed by atoms with E-state index in [0.29, 0.717) is 15.1 Å². The first kappa shape index (κ1) is 12.0. The Kier molecular flexibility index (Phi) is 4.41. The van der Waals surface area contributed by atoms with Crippen LogP contribution in [-0.2, 0) is 5.88 Å². The first-order valence-corrected chi connectivity index (χ1v) is 5.24. The Morgan fingerprint density at radius 1 is 1.43 bits per heavy atom. The Morgan fingerprint density at radius 3 is 2.57 bits per heavy atom. The van der Waals surface area contributed by atoms with Crippen molar-refractivity contribution in [2.45, 2.75) is 12.5 Å². The molecule has 0 atom stereocenters. The molecule has 1 aromatic carbocycles. The predicted molar refractivity (Wildman–Crippen MR) is 55.3 cm³/mol. The molecule has 0 radical (unpaired) electrons. The van der Waals surface area contributed by atoms with Gasteiger partial charge in [-0.15, -0.1) is 11.6 Å². The fraction of sp³-hybridized carbons (Fsp3) is 0.250. The summed E-state index contributed by atoms with van der Waals surface area (Å²) in [4.78, 5) is 0. The maximum absolute atomic E-state index is 12.0. The summed E-state index contributed by atoms with van der Waals surface area (Å²) < 4.78 is 28.7. The Bertz CT molecular complexity index is 333. The van der Waals surface area contributed by atoms with Gasteiger partial charge in [-0.3, -0.25) is 0 Å². The molecule has 14 heavy (non-hydrogen) atoms. The average molecular weight is 306 g/mol. The van der Waals surface area contributed by atoms with Crippen molar-refractivity contribution in [1.82, 2.24) is 0 Å². The molecule has 0 aliphatic rings. The van der Waals surface area contributed by atoms with Crippen LogP contribution in [0.4, 0.5) is 8.78 Å². The maximum Gasteiger partial charge on any atom is 0.387 e. The lowest BCUT2D eigenvalue weighted by Crippen LogP contribution is -2.04. The molecule has 0 aliphatic heterocycles. The second-order valence-corrected chi connectivity index (χ2v) is 3.82. The molecule has 0 bridgehead atoms. The number of halogens is 5. The van der Waals surface area contributed by atoms with Crippen LogP contribution in [0.2, 0.25) is 5.02 Å². The van der Waals surface area contributed by atoms with Gasteiger partial charge in [0.1, 0.15) is 5.75 Å². The summed E-state index contributed by atoms with van der Waals surface area (Å²) in [6.07, 6.45) is 0. The van der Waals surface area contributed by atoms with Gasteiger partial charge in [-0.1, -0.05) is 11.6 Å². The van der Waals surface area contributed by atoms with Gasteiger partial charge >= 0.3 is 6.61 Å². The molecule has 1 nitrogen and oxygen atoms in total. The van der Waals surface area contributed by atoms with E-state index in [9.17, 15) is 8.78 Å². The lowest BCUT2D eigenvalue weighted by Gasteiger charge is -2.11. The van der Waals surface area contributed by atoms with E-state index in [2.05, 4.69) is 20.7 Å². The molecule has 0 unspecified atom stereocenters. The summed E-state index contributed by atoms with van der Waals surface area (Å²) in [5, 5.41) is 0.405. The Hall–Kier alpha value is -0.0600. The van der Waals surface area contributed by atoms with Gasteiger partial charge in [-0.25, -0.2) is 0 Å². The van der Waals surface area contributed by atoms with Crippen LogP contribution >= 0.6 is 39.1 Å². The molecule has 0 heterocycles. The van der Waals surface area contributed by atoms with E-state index in [1.165, 1.54) is 12.1 Å². The summed E-state index contributed by atoms with van der Waals surface area (Å²) in [6, 6.07) is 2.82. The molecular formula is C8H5BrCl2F2O. The first-order chi connectivity index (χ1) is 6.56. The topological polar surface area (TPSA) is 9.23 Å². The standard InChI is InChI=1S/C8H5BrCl2F2O/c9-7-4(3-10)6(14-8(12)13)2-1-5(7)11/h1-2,8H,3H2. The van der Waals surface area contributed by atoms with E-state index in [4.69, 9.17) is 23.2 Å². The second-order valence-electron chi connectivity index (χ2n) is 2.35. The molecular weight excluding hydrogens is 301 g/mol. The highest BCUT2D eigenvalue weighted by molar-refractivity contribution is 9.10. The van der Waals surface area contributed by atoms with Gasteiger partial charge in [0.25, 0.3) is 0 Å². The summed E-state index contributed by atoms with van der Waals surface area (Å²) in [5.74, 6) is 0.0784. The molecule has 0 amide bonds. The van der Waals surface area contributed by atoms with Gasteiger partial charge in [-0.2, -0.15) is 8.78 Å². The zero-order valence-corrected chi connectivity index (χ0v) is 9.84. The van der Waals surface area contributed by atoms with Gasteiger partial charge in [0, 0.05) is 10.0 Å². The average Bonchev–Trinajstić information content (AvgIpc) is 2.11. The van der Waals surface area contributed by atoms with Crippen molar-refractivity contribution in [2.75, 3.05) is 0 Å². The van der Waals surface area contributed by atoms with Crippen LogP contribution in [-0.4, -0.2) is 6.61 Å². The highest BCUT2D eigenvalue weighted by atomic mass is 79.9. The zero-order valence-electron chi connectivity index (χ0n) is 6.74. The molecule has 0 aromatic heterocycles. The molecule has 0 aliphatic carbocycles. The Balaban J connectivity index is 3.10. The van der Waals surface area contributed by atoms with Crippen LogP contribution in [0.25, 0.3) is 0 Å². The minimum absolute atomic E-state index is 0.0336. The summed E-state index contributed by atoms with van der Waals surface area (Å²) in [5.41, 5.74) is 0.416. The van der Waals surface area contributed by atoms with Crippen LogP contribution in [0.1, 0.15) is 5.56 Å². The molecule has 0 N–H and O–H groups in total. The Morgan fingerprint density at radius 2 is 2.07 bits per heavy atom. The highest BCUT2D eigenvalue weighted by Crippen LogP contribution is 2.35. The van der Waals surface area contributed by atoms with Crippen molar-refractivity contribution in [2.24, 2.45) is 0 Å². The third kappa shape index (κ3) is 2.72. The predicted octanol–water partition coefficient (Wildman–Crippen LogP) is 4.44. The van der Waals surface area contributed by atoms with Gasteiger partial charge in [0.05, 0.1) is 10.9 Å². The van der Waals surface area contributed by atoms with Crippen molar-refractivity contribution in [1.29, 1.82) is 0 Å². The van der Waals surface area contributed by atoms with E-state index < -0.39 is 6.61 Å². The van der Waals surface area contributed by atoms with Crippen molar-refractivity contribution in [3.8, 4) is 5.75 Å². The fourth-order valence-corrected chi connectivity index (χ4v) is 1.98. The molecule has 0 spiro atoms. The molecule has 0 saturated carbocycles. The number of benzene rings is 1. The number of rotatable bonds is 3. The highest BCUT2D eigenvalue weighted by Gasteiger charge is 2.13. The third-order valence-corrected chi connectivity index (χ3v) is 3.22. The molecule has 6 heteroatoms. The minimum Gasteiger partial charge on any atom is -0.434 e. The zero-order chi connectivity index (χ0) is 10.7. The summed E-state index contributed by atoms with van der Waals surface area (Å²) in [7, 11) is 0. The summed E-state index contributed by atoms with van der Waals surface area (Å²) >= 11 is 14.5. The molecule has 0 saturated heterocycles. The number of alkyl halides is 3. The lowest BCUT2D eigenvalue weighted by atomic mass is 10.2. The van der Waals surface area contributed by atoms with E-state index in [-0.39, 0.29) is 11.6 Å². The van der Waals surface area contributed by atoms with Crippen LogP contribution in [0.15, 0.2) is 16.6 Å². The largest absolute Gasteiger partial charge is 0.434 e. The maximum atomic E-state index is 12.0. The number of hydrogen-bond donors (Lipinski definition) is 0. The van der Waals surface area contributed by atoms with Crippen LogP contribution in [0.3, 0.4) is 0 Å². The molecule has 78 valence electrons. The monoisotopic (exact) mass is 304 g/mol.